The molecule has 1 aliphatic carbocycles. The van der Waals surface area contributed by atoms with Gasteiger partial charge in [0.1, 0.15) is 13.2 Å². The van der Waals surface area contributed by atoms with Crippen molar-refractivity contribution in [1.82, 2.24) is 0 Å². The average Bonchev–Trinajstić information content (AvgIpc) is 3.34. The van der Waals surface area contributed by atoms with Crippen LogP contribution in [0.2, 0.25) is 0 Å². The van der Waals surface area contributed by atoms with Crippen LogP contribution in [-0.4, -0.2) is 19.0 Å². The van der Waals surface area contributed by atoms with Crippen molar-refractivity contribution in [2.24, 2.45) is 5.92 Å². The molecule has 2 aromatic carbocycles. The smallest absolute Gasteiger partial charge is 0.166 e. The highest BCUT2D eigenvalue weighted by atomic mass is 16.6. The monoisotopic (exact) mass is 294 g/mol. The van der Waals surface area contributed by atoms with Gasteiger partial charge in [-0.15, -0.1) is 0 Å². The van der Waals surface area contributed by atoms with E-state index in [1.54, 1.807) is 0 Å². The van der Waals surface area contributed by atoms with Crippen LogP contribution in [-0.2, 0) is 0 Å². The van der Waals surface area contributed by atoms with Crippen LogP contribution in [0.25, 0.3) is 0 Å². The lowest BCUT2D eigenvalue weighted by Gasteiger charge is -2.18. The predicted molar refractivity (Wildman–Crippen MR) is 83.8 cm³/mol. The number of ketones is 1. The fourth-order valence-corrected chi connectivity index (χ4v) is 3.16. The Morgan fingerprint density at radius 3 is 2.68 bits per heavy atom. The van der Waals surface area contributed by atoms with E-state index in [0.29, 0.717) is 24.9 Å². The molecule has 0 radical (unpaired) electrons. The molecule has 1 aliphatic heterocycles. The largest absolute Gasteiger partial charge is 0.486 e. The summed E-state index contributed by atoms with van der Waals surface area (Å²) < 4.78 is 11.1. The van der Waals surface area contributed by atoms with E-state index >= 15 is 0 Å². The molecule has 2 atom stereocenters. The molecule has 3 nitrogen and oxygen atoms in total. The summed E-state index contributed by atoms with van der Waals surface area (Å²) in [6.07, 6.45) is 0.941. The standard InChI is InChI=1S/C19H18O3/c1-12-3-2-4-13(9-12)15-11-16(15)19(20)14-5-6-17-18(10-14)22-8-7-21-17/h2-6,9-10,15-16H,7-8,11H2,1H3. The maximum Gasteiger partial charge on any atom is 0.166 e. The van der Waals surface area contributed by atoms with Crippen LogP contribution in [0.15, 0.2) is 42.5 Å². The Morgan fingerprint density at radius 2 is 1.86 bits per heavy atom. The Morgan fingerprint density at radius 1 is 1.05 bits per heavy atom. The van der Waals surface area contributed by atoms with E-state index in [4.69, 9.17) is 9.47 Å². The molecule has 1 saturated carbocycles. The van der Waals surface area contributed by atoms with Gasteiger partial charge in [-0.25, -0.2) is 0 Å². The number of Topliss-reactive ketones (excluding diaryl/α,β-unsaturated/α-hetero) is 1. The molecule has 2 unspecified atom stereocenters. The van der Waals surface area contributed by atoms with Crippen molar-refractivity contribution in [1.29, 1.82) is 0 Å². The lowest BCUT2D eigenvalue weighted by Crippen LogP contribution is -2.16. The lowest BCUT2D eigenvalue weighted by molar-refractivity contribution is 0.0964. The van der Waals surface area contributed by atoms with Crippen molar-refractivity contribution in [3.8, 4) is 11.5 Å². The first-order valence-corrected chi connectivity index (χ1v) is 7.73. The fraction of sp³-hybridized carbons (Fsp3) is 0.316. The molecule has 112 valence electrons. The van der Waals surface area contributed by atoms with Gasteiger partial charge in [-0.3, -0.25) is 4.79 Å². The maximum absolute atomic E-state index is 12.7. The second kappa shape index (κ2) is 5.16. The van der Waals surface area contributed by atoms with Crippen molar-refractivity contribution >= 4 is 5.78 Å². The van der Waals surface area contributed by atoms with Gasteiger partial charge >= 0.3 is 0 Å². The van der Waals surface area contributed by atoms with Crippen LogP contribution in [0.1, 0.15) is 33.8 Å². The van der Waals surface area contributed by atoms with Crippen molar-refractivity contribution in [3.05, 3.63) is 59.2 Å². The normalized spacial score (nSPS) is 22.2. The first-order valence-electron chi connectivity index (χ1n) is 7.73. The zero-order valence-electron chi connectivity index (χ0n) is 12.5. The van der Waals surface area contributed by atoms with Gasteiger partial charge in [0.25, 0.3) is 0 Å². The van der Waals surface area contributed by atoms with Gasteiger partial charge in [0.15, 0.2) is 17.3 Å². The summed E-state index contributed by atoms with van der Waals surface area (Å²) in [6.45, 7) is 3.20. The predicted octanol–water partition coefficient (Wildman–Crippen LogP) is 3.75. The van der Waals surface area contributed by atoms with Gasteiger partial charge in [0.2, 0.25) is 0 Å². The minimum absolute atomic E-state index is 0.101. The molecule has 1 heterocycles. The number of aryl methyl sites for hydroxylation is 1. The molecule has 0 aromatic heterocycles. The molecule has 3 heteroatoms. The number of benzene rings is 2. The molecule has 1 fully saturated rings. The summed E-state index contributed by atoms with van der Waals surface area (Å²) >= 11 is 0. The molecule has 4 rings (SSSR count). The third-order valence-corrected chi connectivity index (χ3v) is 4.42. The number of hydrogen-bond donors (Lipinski definition) is 0. The molecular formula is C19H18O3. The maximum atomic E-state index is 12.7. The Labute approximate surface area is 129 Å². The van der Waals surface area contributed by atoms with E-state index in [1.165, 1.54) is 11.1 Å². The molecule has 0 amide bonds. The SMILES string of the molecule is Cc1cccc(C2CC2C(=O)c2ccc3c(c2)OCCO3)c1. The highest BCUT2D eigenvalue weighted by Gasteiger charge is 2.44. The van der Waals surface area contributed by atoms with Crippen molar-refractivity contribution in [2.75, 3.05) is 13.2 Å². The van der Waals surface area contributed by atoms with Crippen molar-refractivity contribution in [2.45, 2.75) is 19.3 Å². The average molecular weight is 294 g/mol. The third kappa shape index (κ3) is 2.37. The molecular weight excluding hydrogens is 276 g/mol. The Bertz CT molecular complexity index is 735. The zero-order valence-corrected chi connectivity index (χ0v) is 12.5. The van der Waals surface area contributed by atoms with Gasteiger partial charge in [-0.2, -0.15) is 0 Å². The summed E-state index contributed by atoms with van der Waals surface area (Å²) in [6, 6.07) is 14.0. The summed E-state index contributed by atoms with van der Waals surface area (Å²) in [4.78, 5) is 12.7. The first-order chi connectivity index (χ1) is 10.7. The number of fused-ring (bicyclic) bond motifs is 1. The summed E-state index contributed by atoms with van der Waals surface area (Å²) in [5, 5.41) is 0. The highest BCUT2D eigenvalue weighted by Crippen LogP contribution is 2.49. The van der Waals surface area contributed by atoms with E-state index in [-0.39, 0.29) is 11.7 Å². The van der Waals surface area contributed by atoms with E-state index in [1.807, 2.05) is 18.2 Å². The zero-order chi connectivity index (χ0) is 15.1. The summed E-state index contributed by atoms with van der Waals surface area (Å²) in [7, 11) is 0. The molecule has 2 aromatic rings. The molecule has 0 bridgehead atoms. The Hall–Kier alpha value is -2.29. The number of carbonyl (C=O) groups is 1. The number of hydrogen-bond acceptors (Lipinski definition) is 3. The summed E-state index contributed by atoms with van der Waals surface area (Å²) in [5.74, 6) is 2.09. The minimum Gasteiger partial charge on any atom is -0.486 e. The first kappa shape index (κ1) is 13.4. The lowest BCUT2D eigenvalue weighted by atomic mass is 10.0. The van der Waals surface area contributed by atoms with E-state index in [0.717, 1.165) is 17.7 Å². The van der Waals surface area contributed by atoms with E-state index in [2.05, 4.69) is 31.2 Å². The number of rotatable bonds is 3. The van der Waals surface area contributed by atoms with Gasteiger partial charge in [0, 0.05) is 11.5 Å². The second-order valence-corrected chi connectivity index (χ2v) is 6.09. The summed E-state index contributed by atoms with van der Waals surface area (Å²) in [5.41, 5.74) is 3.25. The fourth-order valence-electron chi connectivity index (χ4n) is 3.16. The van der Waals surface area contributed by atoms with Crippen LogP contribution < -0.4 is 9.47 Å². The molecule has 0 spiro atoms. The van der Waals surface area contributed by atoms with Crippen LogP contribution in [0, 0.1) is 12.8 Å². The topological polar surface area (TPSA) is 35.5 Å². The van der Waals surface area contributed by atoms with Gasteiger partial charge < -0.3 is 9.47 Å². The Balaban J connectivity index is 1.54. The number of carbonyl (C=O) groups excluding carboxylic acids is 1. The molecule has 0 saturated heterocycles. The van der Waals surface area contributed by atoms with Gasteiger partial charge in [-0.1, -0.05) is 29.8 Å². The minimum atomic E-state index is 0.101. The Kier molecular flexibility index (Phi) is 3.14. The van der Waals surface area contributed by atoms with Crippen molar-refractivity contribution in [3.63, 3.8) is 0 Å². The van der Waals surface area contributed by atoms with Gasteiger partial charge in [-0.05, 0) is 43.0 Å². The van der Waals surface area contributed by atoms with Crippen LogP contribution in [0.4, 0.5) is 0 Å². The van der Waals surface area contributed by atoms with Gasteiger partial charge in [0.05, 0.1) is 0 Å². The highest BCUT2D eigenvalue weighted by molar-refractivity contribution is 6.00. The number of ether oxygens (including phenoxy) is 2. The van der Waals surface area contributed by atoms with Crippen LogP contribution in [0.3, 0.4) is 0 Å². The van der Waals surface area contributed by atoms with E-state index in [9.17, 15) is 4.79 Å². The quantitative estimate of drug-likeness (QED) is 0.809. The molecule has 22 heavy (non-hydrogen) atoms. The molecule has 2 aliphatic rings. The van der Waals surface area contributed by atoms with Crippen LogP contribution >= 0.6 is 0 Å². The van der Waals surface area contributed by atoms with E-state index < -0.39 is 0 Å². The third-order valence-electron chi connectivity index (χ3n) is 4.42. The molecule has 0 N–H and O–H groups in total. The second-order valence-electron chi connectivity index (χ2n) is 6.09. The van der Waals surface area contributed by atoms with Crippen molar-refractivity contribution < 1.29 is 14.3 Å². The van der Waals surface area contributed by atoms with Crippen LogP contribution in [0.5, 0.6) is 11.5 Å².